The number of carboxylic acid groups (broad SMARTS) is 1. The van der Waals surface area contributed by atoms with Gasteiger partial charge in [0.1, 0.15) is 17.8 Å². The molecule has 0 fully saturated rings. The maximum Gasteiger partial charge on any atom is 0.326 e. The quantitative estimate of drug-likeness (QED) is 0.127. The lowest BCUT2D eigenvalue weighted by Crippen LogP contribution is -2.54. The van der Waals surface area contributed by atoms with Crippen LogP contribution in [0.15, 0.2) is 54.6 Å². The number of carbonyl (C=O) groups excluding carboxylic acids is 4. The van der Waals surface area contributed by atoms with Crippen molar-refractivity contribution in [2.75, 3.05) is 26.2 Å². The molecule has 2 aromatic carbocycles. The Hall–Kier alpha value is -4.45. The van der Waals surface area contributed by atoms with E-state index in [9.17, 15) is 34.2 Å². The van der Waals surface area contributed by atoms with Gasteiger partial charge in [0.2, 0.25) is 23.6 Å². The molecule has 12 nitrogen and oxygen atoms in total. The number of aliphatic carboxylic acids is 1. The lowest BCUT2D eigenvalue weighted by molar-refractivity contribution is -0.142. The number of benzene rings is 2. The van der Waals surface area contributed by atoms with Crippen molar-refractivity contribution >= 4 is 29.6 Å². The number of amides is 4. The highest BCUT2D eigenvalue weighted by Crippen LogP contribution is 2.15. The van der Waals surface area contributed by atoms with Gasteiger partial charge in [-0.25, -0.2) is 4.79 Å². The molecule has 12 heteroatoms. The molecule has 0 unspecified atom stereocenters. The van der Waals surface area contributed by atoms with E-state index < -0.39 is 48.4 Å². The second-order valence-corrected chi connectivity index (χ2v) is 11.8. The molecule has 6 N–H and O–H groups in total. The summed E-state index contributed by atoms with van der Waals surface area (Å²) in [6.07, 6.45) is 2.41. The summed E-state index contributed by atoms with van der Waals surface area (Å²) in [6.45, 7) is 8.33. The second-order valence-electron chi connectivity index (χ2n) is 11.8. The van der Waals surface area contributed by atoms with E-state index in [-0.39, 0.29) is 37.0 Å². The number of nitrogens with one attached hydrogen (secondary N) is 4. The summed E-state index contributed by atoms with van der Waals surface area (Å²) in [5.41, 5.74) is 1.62. The van der Waals surface area contributed by atoms with Crippen molar-refractivity contribution < 1.29 is 34.2 Å². The topological polar surface area (TPSA) is 177 Å². The highest BCUT2D eigenvalue weighted by molar-refractivity contribution is 5.93. The van der Waals surface area contributed by atoms with Crippen LogP contribution in [0.5, 0.6) is 5.75 Å². The van der Waals surface area contributed by atoms with E-state index in [2.05, 4.69) is 26.2 Å². The molecular formula is C34H49N5O7. The van der Waals surface area contributed by atoms with Crippen molar-refractivity contribution in [3.63, 3.8) is 0 Å². The van der Waals surface area contributed by atoms with Crippen LogP contribution >= 0.6 is 0 Å². The summed E-state index contributed by atoms with van der Waals surface area (Å²) < 4.78 is 0. The maximum atomic E-state index is 13.3. The minimum absolute atomic E-state index is 0.0173. The van der Waals surface area contributed by atoms with Crippen molar-refractivity contribution in [1.82, 2.24) is 26.2 Å². The van der Waals surface area contributed by atoms with Crippen LogP contribution in [-0.2, 0) is 36.8 Å². The van der Waals surface area contributed by atoms with Crippen LogP contribution in [0.3, 0.4) is 0 Å². The number of nitrogens with zero attached hydrogens (tertiary/aromatic N) is 1. The van der Waals surface area contributed by atoms with Crippen LogP contribution in [0.2, 0.25) is 0 Å². The predicted molar refractivity (Wildman–Crippen MR) is 175 cm³/mol. The van der Waals surface area contributed by atoms with Crippen molar-refractivity contribution in [1.29, 1.82) is 0 Å². The number of carboxylic acids is 1. The lowest BCUT2D eigenvalue weighted by Gasteiger charge is -2.30. The van der Waals surface area contributed by atoms with Crippen molar-refractivity contribution in [2.45, 2.75) is 77.9 Å². The molecule has 0 aliphatic heterocycles. The molecule has 0 radical (unpaired) electrons. The van der Waals surface area contributed by atoms with Crippen LogP contribution in [0, 0.1) is 5.92 Å². The first-order valence-corrected chi connectivity index (χ1v) is 15.9. The molecule has 0 saturated carbocycles. The largest absolute Gasteiger partial charge is 0.508 e. The molecule has 0 aliphatic rings. The Balaban J connectivity index is 2.01. The van der Waals surface area contributed by atoms with Gasteiger partial charge in [-0.1, -0.05) is 70.2 Å². The summed E-state index contributed by atoms with van der Waals surface area (Å²) in [6, 6.07) is 12.9. The number of phenols is 1. The Kier molecular flexibility index (Phi) is 16.3. The smallest absolute Gasteiger partial charge is 0.326 e. The number of carbonyl (C=O) groups is 5. The monoisotopic (exact) mass is 639 g/mol. The van der Waals surface area contributed by atoms with Crippen molar-refractivity contribution in [2.24, 2.45) is 5.92 Å². The van der Waals surface area contributed by atoms with Gasteiger partial charge in [0.15, 0.2) is 0 Å². The standard InChI is InChI=1S/C34H49N5O7/c1-5-16-39(17-6-2)29(20-25-12-14-26(40)15-13-25)33(44)36-21-30(41)35-22-31(42)37-27(19-24-10-8-7-9-11-24)32(43)38-28(34(45)46)18-23(3)4/h7-15,23,27-29,40H,5-6,16-22H2,1-4H3,(H,35,41)(H,36,44)(H,37,42)(H,38,43)(H,45,46)/t27-,28-,29-/m0/s1. The lowest BCUT2D eigenvalue weighted by atomic mass is 10.0. The summed E-state index contributed by atoms with van der Waals surface area (Å²) in [5, 5.41) is 29.5. The van der Waals surface area contributed by atoms with E-state index in [1.807, 2.05) is 33.8 Å². The molecule has 0 heterocycles. The van der Waals surface area contributed by atoms with Crippen LogP contribution < -0.4 is 21.3 Å². The van der Waals surface area contributed by atoms with Gasteiger partial charge >= 0.3 is 5.97 Å². The van der Waals surface area contributed by atoms with Gasteiger partial charge in [0.25, 0.3) is 0 Å². The molecule has 4 amide bonds. The van der Waals surface area contributed by atoms with Gasteiger partial charge in [-0.2, -0.15) is 0 Å². The van der Waals surface area contributed by atoms with Gasteiger partial charge < -0.3 is 31.5 Å². The normalized spacial score (nSPS) is 13.0. The fourth-order valence-electron chi connectivity index (χ4n) is 5.04. The third-order valence-corrected chi connectivity index (χ3v) is 7.26. The molecule has 2 rings (SSSR count). The third-order valence-electron chi connectivity index (χ3n) is 7.26. The molecule has 0 aliphatic carbocycles. The summed E-state index contributed by atoms with van der Waals surface area (Å²) >= 11 is 0. The first kappa shape index (κ1) is 37.7. The zero-order valence-electron chi connectivity index (χ0n) is 27.3. The number of aromatic hydroxyl groups is 1. The first-order chi connectivity index (χ1) is 21.9. The average Bonchev–Trinajstić information content (AvgIpc) is 3.01. The van der Waals surface area contributed by atoms with E-state index in [1.54, 1.807) is 48.5 Å². The van der Waals surface area contributed by atoms with Crippen LogP contribution in [-0.4, -0.2) is 89.0 Å². The highest BCUT2D eigenvalue weighted by Gasteiger charge is 2.28. The SMILES string of the molecule is CCCN(CCC)[C@@H](Cc1ccc(O)cc1)C(=O)NCC(=O)NCC(=O)N[C@@H](Cc1ccccc1)C(=O)N[C@@H](CC(C)C)C(=O)O. The average molecular weight is 640 g/mol. The first-order valence-electron chi connectivity index (χ1n) is 15.9. The predicted octanol–water partition coefficient (Wildman–Crippen LogP) is 2.00. The Morgan fingerprint density at radius 2 is 1.30 bits per heavy atom. The molecule has 0 saturated heterocycles. The Bertz CT molecular complexity index is 1260. The maximum absolute atomic E-state index is 13.3. The fraction of sp³-hybridized carbons (Fsp3) is 0.500. The zero-order valence-corrected chi connectivity index (χ0v) is 27.3. The number of hydrogen-bond donors (Lipinski definition) is 6. The number of phenolic OH excluding ortho intramolecular Hbond substituents is 1. The van der Waals surface area contributed by atoms with Gasteiger partial charge in [-0.15, -0.1) is 0 Å². The van der Waals surface area contributed by atoms with E-state index in [0.29, 0.717) is 19.5 Å². The molecule has 0 bridgehead atoms. The van der Waals surface area contributed by atoms with Crippen LogP contribution in [0.4, 0.5) is 0 Å². The van der Waals surface area contributed by atoms with Crippen molar-refractivity contribution in [3.8, 4) is 5.75 Å². The van der Waals surface area contributed by atoms with Gasteiger partial charge in [0, 0.05) is 6.42 Å². The minimum Gasteiger partial charge on any atom is -0.508 e. The van der Waals surface area contributed by atoms with Gasteiger partial charge in [-0.05, 0) is 68.0 Å². The zero-order chi connectivity index (χ0) is 34.1. The second kappa shape index (κ2) is 19.8. The summed E-state index contributed by atoms with van der Waals surface area (Å²) in [4.78, 5) is 65.7. The van der Waals surface area contributed by atoms with E-state index in [1.165, 1.54) is 0 Å². The Morgan fingerprint density at radius 1 is 0.717 bits per heavy atom. The van der Waals surface area contributed by atoms with Gasteiger partial charge in [-0.3, -0.25) is 24.1 Å². The number of hydrogen-bond acceptors (Lipinski definition) is 7. The minimum atomic E-state index is -1.17. The van der Waals surface area contributed by atoms with E-state index in [4.69, 9.17) is 0 Å². The van der Waals surface area contributed by atoms with Crippen LogP contribution in [0.1, 0.15) is 58.1 Å². The Morgan fingerprint density at radius 3 is 1.87 bits per heavy atom. The Labute approximate surface area is 271 Å². The molecule has 0 aromatic heterocycles. The third kappa shape index (κ3) is 13.7. The van der Waals surface area contributed by atoms with Gasteiger partial charge in [0.05, 0.1) is 19.1 Å². The molecule has 0 spiro atoms. The summed E-state index contributed by atoms with van der Waals surface area (Å²) in [7, 11) is 0. The van der Waals surface area contributed by atoms with Crippen molar-refractivity contribution in [3.05, 3.63) is 65.7 Å². The van der Waals surface area contributed by atoms with E-state index >= 15 is 0 Å². The highest BCUT2D eigenvalue weighted by atomic mass is 16.4. The van der Waals surface area contributed by atoms with Crippen LogP contribution in [0.25, 0.3) is 0 Å². The number of rotatable bonds is 20. The fourth-order valence-corrected chi connectivity index (χ4v) is 5.04. The molecule has 2 aromatic rings. The summed E-state index contributed by atoms with van der Waals surface area (Å²) in [5.74, 6) is -3.23. The molecule has 252 valence electrons. The molecule has 46 heavy (non-hydrogen) atoms. The van der Waals surface area contributed by atoms with E-state index in [0.717, 1.165) is 24.0 Å². The molecular weight excluding hydrogens is 590 g/mol. The molecule has 3 atom stereocenters.